The topological polar surface area (TPSA) is 54.4 Å². The van der Waals surface area contributed by atoms with E-state index in [0.29, 0.717) is 11.8 Å². The largest absolute Gasteiger partial charge is 0.461 e. The van der Waals surface area contributed by atoms with Crippen LogP contribution in [0, 0.1) is 0 Å². The van der Waals surface area contributed by atoms with Gasteiger partial charge in [0.1, 0.15) is 0 Å². The van der Waals surface area contributed by atoms with Crippen molar-refractivity contribution in [3.05, 3.63) is 30.2 Å². The molecule has 1 unspecified atom stereocenters. The smallest absolute Gasteiger partial charge is 0.202 e. The third-order valence-corrected chi connectivity index (χ3v) is 3.62. The second-order valence-electron chi connectivity index (χ2n) is 5.02. The highest BCUT2D eigenvalue weighted by Crippen LogP contribution is 2.21. The van der Waals surface area contributed by atoms with Crippen LogP contribution >= 0.6 is 12.4 Å². The number of rotatable bonds is 4. The fourth-order valence-electron chi connectivity index (χ4n) is 2.59. The van der Waals surface area contributed by atoms with Gasteiger partial charge in [0.15, 0.2) is 5.76 Å². The summed E-state index contributed by atoms with van der Waals surface area (Å²) in [4.78, 5) is 2.41. The Morgan fingerprint density at radius 2 is 2.35 bits per heavy atom. The maximum Gasteiger partial charge on any atom is 0.202 e. The lowest BCUT2D eigenvalue weighted by Gasteiger charge is -2.31. The van der Waals surface area contributed by atoms with Crippen molar-refractivity contribution in [2.75, 3.05) is 20.1 Å². The highest BCUT2D eigenvalue weighted by atomic mass is 35.5. The van der Waals surface area contributed by atoms with Crippen molar-refractivity contribution in [1.82, 2.24) is 15.4 Å². The van der Waals surface area contributed by atoms with Crippen LogP contribution in [0.5, 0.6) is 0 Å². The molecule has 5 nitrogen and oxygen atoms in total. The molecule has 1 saturated heterocycles. The van der Waals surface area contributed by atoms with Gasteiger partial charge in [0.25, 0.3) is 0 Å². The summed E-state index contributed by atoms with van der Waals surface area (Å²) in [6.45, 7) is 3.03. The van der Waals surface area contributed by atoms with E-state index in [1.165, 1.54) is 12.8 Å². The van der Waals surface area contributed by atoms with Gasteiger partial charge in [-0.05, 0) is 38.6 Å². The number of furan rings is 1. The summed E-state index contributed by atoms with van der Waals surface area (Å²) in [5.41, 5.74) is 0.961. The zero-order valence-corrected chi connectivity index (χ0v) is 12.4. The first kappa shape index (κ1) is 15.1. The molecule has 0 aliphatic carbocycles. The van der Waals surface area contributed by atoms with Crippen LogP contribution in [0.25, 0.3) is 11.5 Å². The molecule has 2 aromatic rings. The zero-order valence-electron chi connectivity index (χ0n) is 11.5. The molecule has 2 aromatic heterocycles. The number of hydrogen-bond acceptors (Lipinski definition) is 5. The van der Waals surface area contributed by atoms with Gasteiger partial charge in [-0.25, -0.2) is 0 Å². The van der Waals surface area contributed by atoms with Gasteiger partial charge in [0.2, 0.25) is 5.76 Å². The third kappa shape index (κ3) is 3.42. The van der Waals surface area contributed by atoms with Crippen LogP contribution in [0.4, 0.5) is 0 Å². The summed E-state index contributed by atoms with van der Waals surface area (Å²) in [6, 6.07) is 6.27. The van der Waals surface area contributed by atoms with Crippen molar-refractivity contribution >= 4 is 12.4 Å². The highest BCUT2D eigenvalue weighted by molar-refractivity contribution is 5.85. The SMILES string of the molecule is CNC1CCCN(Cc2cc(-c3ccco3)on2)C1.Cl. The number of aromatic nitrogens is 1. The predicted molar refractivity (Wildman–Crippen MR) is 78.8 cm³/mol. The van der Waals surface area contributed by atoms with Crippen molar-refractivity contribution in [2.24, 2.45) is 0 Å². The van der Waals surface area contributed by atoms with E-state index >= 15 is 0 Å². The highest BCUT2D eigenvalue weighted by Gasteiger charge is 2.20. The summed E-state index contributed by atoms with van der Waals surface area (Å²) in [7, 11) is 2.03. The molecule has 1 N–H and O–H groups in total. The van der Waals surface area contributed by atoms with Crippen molar-refractivity contribution in [3.63, 3.8) is 0 Å². The van der Waals surface area contributed by atoms with Crippen molar-refractivity contribution in [1.29, 1.82) is 0 Å². The second kappa shape index (κ2) is 6.92. The van der Waals surface area contributed by atoms with Gasteiger partial charge in [0, 0.05) is 25.2 Å². The lowest BCUT2D eigenvalue weighted by atomic mass is 10.1. The molecule has 3 heterocycles. The van der Waals surface area contributed by atoms with Crippen LogP contribution in [0.2, 0.25) is 0 Å². The molecule has 6 heteroatoms. The molecule has 0 aromatic carbocycles. The van der Waals surface area contributed by atoms with E-state index < -0.39 is 0 Å². The van der Waals surface area contributed by atoms with E-state index in [-0.39, 0.29) is 12.4 Å². The maximum absolute atomic E-state index is 5.32. The molecule has 0 radical (unpaired) electrons. The number of hydrogen-bond donors (Lipinski definition) is 1. The molecule has 1 atom stereocenters. The Morgan fingerprint density at radius 1 is 1.45 bits per heavy atom. The number of nitrogens with one attached hydrogen (secondary N) is 1. The number of likely N-dealkylation sites (tertiary alicyclic amines) is 1. The zero-order chi connectivity index (χ0) is 13.1. The first-order valence-corrected chi connectivity index (χ1v) is 6.74. The van der Waals surface area contributed by atoms with Crippen LogP contribution in [-0.2, 0) is 6.54 Å². The lowest BCUT2D eigenvalue weighted by Crippen LogP contribution is -2.43. The number of likely N-dealkylation sites (N-methyl/N-ethyl adjacent to an activating group) is 1. The fourth-order valence-corrected chi connectivity index (χ4v) is 2.59. The number of nitrogens with zero attached hydrogens (tertiary/aromatic N) is 2. The Balaban J connectivity index is 0.00000147. The van der Waals surface area contributed by atoms with E-state index in [1.807, 2.05) is 25.2 Å². The molecule has 110 valence electrons. The Kier molecular flexibility index (Phi) is 5.23. The molecule has 3 rings (SSSR count). The predicted octanol–water partition coefficient (Wildman–Crippen LogP) is 2.54. The lowest BCUT2D eigenvalue weighted by molar-refractivity contribution is 0.183. The van der Waals surface area contributed by atoms with Gasteiger partial charge >= 0.3 is 0 Å². The van der Waals surface area contributed by atoms with Crippen molar-refractivity contribution in [3.8, 4) is 11.5 Å². The molecule has 0 amide bonds. The van der Waals surface area contributed by atoms with Gasteiger partial charge in [0.05, 0.1) is 12.0 Å². The first-order chi connectivity index (χ1) is 9.35. The number of piperidine rings is 1. The standard InChI is InChI=1S/C14H19N3O2.ClH/c1-15-11-4-2-6-17(9-11)10-12-8-14(19-16-12)13-5-3-7-18-13;/h3,5,7-8,11,15H,2,4,6,9-10H2,1H3;1H. The van der Waals surface area contributed by atoms with E-state index in [2.05, 4.69) is 15.4 Å². The van der Waals surface area contributed by atoms with Crippen molar-refractivity contribution < 1.29 is 8.94 Å². The summed E-state index contributed by atoms with van der Waals surface area (Å²) in [5.74, 6) is 1.42. The van der Waals surface area contributed by atoms with Gasteiger partial charge in [-0.3, -0.25) is 4.90 Å². The van der Waals surface area contributed by atoms with Gasteiger partial charge in [-0.1, -0.05) is 5.16 Å². The monoisotopic (exact) mass is 297 g/mol. The second-order valence-corrected chi connectivity index (χ2v) is 5.02. The van der Waals surface area contributed by atoms with E-state index in [4.69, 9.17) is 8.94 Å². The maximum atomic E-state index is 5.32. The quantitative estimate of drug-likeness (QED) is 0.940. The Hall–Kier alpha value is -1.30. The molecule has 1 aliphatic rings. The summed E-state index contributed by atoms with van der Waals surface area (Å²) < 4.78 is 10.6. The van der Waals surface area contributed by atoms with Crippen LogP contribution in [0.15, 0.2) is 33.4 Å². The number of halogens is 1. The average Bonchev–Trinajstić information content (AvgIpc) is 3.09. The minimum absolute atomic E-state index is 0. The molecule has 1 fully saturated rings. The Morgan fingerprint density at radius 3 is 3.10 bits per heavy atom. The normalized spacial score (nSPS) is 19.8. The molecule has 20 heavy (non-hydrogen) atoms. The Labute approximate surface area is 124 Å². The summed E-state index contributed by atoms with van der Waals surface area (Å²) in [5, 5.41) is 7.47. The van der Waals surface area contributed by atoms with Crippen LogP contribution in [-0.4, -0.2) is 36.2 Å². The van der Waals surface area contributed by atoms with Crippen LogP contribution < -0.4 is 5.32 Å². The van der Waals surface area contributed by atoms with Gasteiger partial charge in [-0.15, -0.1) is 12.4 Å². The van der Waals surface area contributed by atoms with Crippen LogP contribution in [0.3, 0.4) is 0 Å². The van der Waals surface area contributed by atoms with Gasteiger partial charge < -0.3 is 14.3 Å². The van der Waals surface area contributed by atoms with Crippen molar-refractivity contribution in [2.45, 2.75) is 25.4 Å². The minimum atomic E-state index is 0. The molecular formula is C14H20ClN3O2. The van der Waals surface area contributed by atoms with Gasteiger partial charge in [-0.2, -0.15) is 0 Å². The molecule has 0 spiro atoms. The molecule has 1 aliphatic heterocycles. The average molecular weight is 298 g/mol. The molecule has 0 bridgehead atoms. The summed E-state index contributed by atoms with van der Waals surface area (Å²) in [6.07, 6.45) is 4.12. The first-order valence-electron chi connectivity index (χ1n) is 6.74. The fraction of sp³-hybridized carbons (Fsp3) is 0.500. The third-order valence-electron chi connectivity index (χ3n) is 3.62. The molecule has 0 saturated carbocycles. The van der Waals surface area contributed by atoms with E-state index in [1.54, 1.807) is 6.26 Å². The van der Waals surface area contributed by atoms with E-state index in [0.717, 1.165) is 31.1 Å². The Bertz CT molecular complexity index is 512. The summed E-state index contributed by atoms with van der Waals surface area (Å²) >= 11 is 0. The molecular weight excluding hydrogens is 278 g/mol. The van der Waals surface area contributed by atoms with E-state index in [9.17, 15) is 0 Å². The van der Waals surface area contributed by atoms with Crippen LogP contribution in [0.1, 0.15) is 18.5 Å². The minimum Gasteiger partial charge on any atom is -0.461 e.